The Morgan fingerprint density at radius 3 is 1.90 bits per heavy atom. The minimum absolute atomic E-state index is 0.00160. The Hall–Kier alpha value is -1.70. The Morgan fingerprint density at radius 1 is 0.775 bits per heavy atom. The molecule has 40 heavy (non-hydrogen) atoms. The van der Waals surface area contributed by atoms with Gasteiger partial charge in [-0.15, -0.1) is 0 Å². The third-order valence-electron chi connectivity index (χ3n) is 8.75. The van der Waals surface area contributed by atoms with E-state index in [1.807, 2.05) is 0 Å². The van der Waals surface area contributed by atoms with Crippen LogP contribution in [-0.2, 0) is 16.2 Å². The number of fused-ring (bicyclic) bond motifs is 3. The highest BCUT2D eigenvalue weighted by atomic mass is 31.1. The molecule has 1 aromatic heterocycles. The van der Waals surface area contributed by atoms with E-state index in [0.717, 1.165) is 34.8 Å². The molecule has 0 amide bonds. The van der Waals surface area contributed by atoms with Crippen LogP contribution in [0.1, 0.15) is 150 Å². The largest absolute Gasteiger partial charge is 0.399 e. The summed E-state index contributed by atoms with van der Waals surface area (Å²) in [7, 11) is -1.61. The molecule has 0 radical (unpaired) electrons. The molecule has 0 spiro atoms. The van der Waals surface area contributed by atoms with E-state index in [0.29, 0.717) is 18.4 Å². The van der Waals surface area contributed by atoms with Gasteiger partial charge in [0.2, 0.25) is 0 Å². The fourth-order valence-corrected chi connectivity index (χ4v) is 6.35. The zero-order chi connectivity index (χ0) is 30.0. The average Bonchev–Trinajstić information content (AvgIpc) is 3.02. The van der Waals surface area contributed by atoms with Crippen molar-refractivity contribution >= 4 is 30.2 Å². The molecular formula is C36H57O3P. The Balaban J connectivity index is 2.52. The molecule has 0 aliphatic rings. The van der Waals surface area contributed by atoms with Gasteiger partial charge in [0.1, 0.15) is 11.2 Å². The van der Waals surface area contributed by atoms with Crippen LogP contribution >= 0.6 is 8.24 Å². The summed E-state index contributed by atoms with van der Waals surface area (Å²) in [6.45, 7) is 30.4. The summed E-state index contributed by atoms with van der Waals surface area (Å²) in [6, 6.07) is 9.46. The van der Waals surface area contributed by atoms with Crippen LogP contribution < -0.4 is 4.52 Å². The highest BCUT2D eigenvalue weighted by Crippen LogP contribution is 2.44. The van der Waals surface area contributed by atoms with Gasteiger partial charge in [-0.05, 0) is 69.7 Å². The van der Waals surface area contributed by atoms with Crippen LogP contribution in [0.5, 0.6) is 0 Å². The van der Waals surface area contributed by atoms with Gasteiger partial charge < -0.3 is 8.39 Å². The van der Waals surface area contributed by atoms with Gasteiger partial charge in [-0.1, -0.05) is 121 Å². The summed E-state index contributed by atoms with van der Waals surface area (Å²) < 4.78 is 20.3. The van der Waals surface area contributed by atoms with E-state index in [4.69, 9.17) is 12.9 Å². The minimum atomic E-state index is -1.61. The zero-order valence-electron chi connectivity index (χ0n) is 27.9. The summed E-state index contributed by atoms with van der Waals surface area (Å²) in [5.74, 6) is 0.820. The van der Waals surface area contributed by atoms with Crippen molar-refractivity contribution in [3.8, 4) is 0 Å². The molecule has 4 heteroatoms. The van der Waals surface area contributed by atoms with Crippen LogP contribution in [-0.4, -0.2) is 6.61 Å². The molecule has 0 aliphatic carbocycles. The molecule has 224 valence electrons. The van der Waals surface area contributed by atoms with Gasteiger partial charge in [0.05, 0.1) is 6.61 Å². The number of unbranched alkanes of at least 4 members (excludes halogenated alkanes) is 1. The zero-order valence-corrected chi connectivity index (χ0v) is 28.8. The molecule has 0 N–H and O–H groups in total. The predicted molar refractivity (Wildman–Crippen MR) is 176 cm³/mol. The van der Waals surface area contributed by atoms with Gasteiger partial charge in [0.15, 0.2) is 0 Å². The Morgan fingerprint density at radius 2 is 1.38 bits per heavy atom. The van der Waals surface area contributed by atoms with Crippen molar-refractivity contribution in [2.45, 2.75) is 144 Å². The van der Waals surface area contributed by atoms with Crippen molar-refractivity contribution in [1.82, 2.24) is 0 Å². The SMILES string of the molecule is CCCCC(CC)COp1oc2c(C(C)C)cc(C(C)(C)CC)cc2c2cc(C(C)(C)C)cc(C(C)(C)C)c2o1. The lowest BCUT2D eigenvalue weighted by Gasteiger charge is -2.26. The van der Waals surface area contributed by atoms with Crippen molar-refractivity contribution < 1.29 is 12.9 Å². The Labute approximate surface area is 246 Å². The van der Waals surface area contributed by atoms with Crippen molar-refractivity contribution in [2.24, 2.45) is 5.92 Å². The van der Waals surface area contributed by atoms with Crippen molar-refractivity contribution in [2.75, 3.05) is 6.61 Å². The monoisotopic (exact) mass is 568 g/mol. The molecule has 0 aliphatic heterocycles. The summed E-state index contributed by atoms with van der Waals surface area (Å²) in [5.41, 5.74) is 6.91. The van der Waals surface area contributed by atoms with E-state index in [2.05, 4.69) is 114 Å². The van der Waals surface area contributed by atoms with Crippen LogP contribution in [0.25, 0.3) is 21.9 Å². The molecule has 0 saturated carbocycles. The topological polar surface area (TPSA) is 35.5 Å². The molecule has 2 aromatic carbocycles. The molecule has 3 nitrogen and oxygen atoms in total. The summed E-state index contributed by atoms with van der Waals surface area (Å²) >= 11 is 0. The standard InChI is InChI=1S/C36H57O3P/c1-14-17-18-25(15-2)23-37-40-38-32-28(24(4)5)20-27(36(12,13)16-3)21-29(32)30-19-26(34(6,7)8)22-31(33(30)39-40)35(9,10)11/h19-22,24-25H,14-18,23H2,1-13H3. The Kier molecular flexibility index (Phi) is 10.4. The highest BCUT2D eigenvalue weighted by Gasteiger charge is 2.27. The first kappa shape index (κ1) is 32.8. The lowest BCUT2D eigenvalue weighted by atomic mass is 9.78. The van der Waals surface area contributed by atoms with Crippen molar-refractivity contribution in [1.29, 1.82) is 0 Å². The number of rotatable bonds is 10. The summed E-state index contributed by atoms with van der Waals surface area (Å²) in [4.78, 5) is 0. The maximum absolute atomic E-state index is 6.87. The molecule has 3 rings (SSSR count). The quantitative estimate of drug-likeness (QED) is 0.244. The fraction of sp³-hybridized carbons (Fsp3) is 0.667. The van der Waals surface area contributed by atoms with Gasteiger partial charge in [-0.3, -0.25) is 4.52 Å². The van der Waals surface area contributed by atoms with Crippen LogP contribution in [0.4, 0.5) is 0 Å². The maximum atomic E-state index is 6.87. The second kappa shape index (κ2) is 12.7. The summed E-state index contributed by atoms with van der Waals surface area (Å²) in [6.07, 6.45) is 5.78. The molecule has 2 unspecified atom stereocenters. The first-order valence-corrected chi connectivity index (χ1v) is 16.8. The van der Waals surface area contributed by atoms with Crippen LogP contribution in [0, 0.1) is 5.92 Å². The van der Waals surface area contributed by atoms with Crippen LogP contribution in [0.3, 0.4) is 0 Å². The normalized spacial score (nSPS) is 14.4. The molecule has 0 fully saturated rings. The number of benzene rings is 2. The molecule has 0 bridgehead atoms. The van der Waals surface area contributed by atoms with E-state index < -0.39 is 8.24 Å². The number of hydrogen-bond donors (Lipinski definition) is 0. The van der Waals surface area contributed by atoms with E-state index in [9.17, 15) is 0 Å². The first-order valence-electron chi connectivity index (χ1n) is 15.7. The van der Waals surface area contributed by atoms with Gasteiger partial charge >= 0.3 is 8.24 Å². The van der Waals surface area contributed by atoms with Gasteiger partial charge in [0.25, 0.3) is 0 Å². The predicted octanol–water partition coefficient (Wildman–Crippen LogP) is 12.3. The van der Waals surface area contributed by atoms with E-state index in [-0.39, 0.29) is 16.2 Å². The molecular weight excluding hydrogens is 511 g/mol. The average molecular weight is 569 g/mol. The van der Waals surface area contributed by atoms with Gasteiger partial charge in [-0.2, -0.15) is 0 Å². The third kappa shape index (κ3) is 7.38. The van der Waals surface area contributed by atoms with Gasteiger partial charge in [-0.25, -0.2) is 0 Å². The fourth-order valence-electron chi connectivity index (χ4n) is 5.18. The molecule has 0 saturated heterocycles. The second-order valence-electron chi connectivity index (χ2n) is 14.9. The Bertz CT molecular complexity index is 1330. The minimum Gasteiger partial charge on any atom is -0.399 e. The van der Waals surface area contributed by atoms with Crippen molar-refractivity contribution in [3.63, 3.8) is 0 Å². The lowest BCUT2D eigenvalue weighted by Crippen LogP contribution is -2.17. The maximum Gasteiger partial charge on any atom is 0.387 e. The first-order chi connectivity index (χ1) is 18.5. The van der Waals surface area contributed by atoms with E-state index in [1.54, 1.807) is 0 Å². The van der Waals surface area contributed by atoms with Crippen molar-refractivity contribution in [3.05, 3.63) is 46.5 Å². The number of hydrogen-bond acceptors (Lipinski definition) is 3. The molecule has 1 heterocycles. The summed E-state index contributed by atoms with van der Waals surface area (Å²) in [5, 5.41) is 2.27. The smallest absolute Gasteiger partial charge is 0.387 e. The molecule has 3 aromatic rings. The lowest BCUT2D eigenvalue weighted by molar-refractivity contribution is 0.276. The van der Waals surface area contributed by atoms with Crippen LogP contribution in [0.2, 0.25) is 0 Å². The van der Waals surface area contributed by atoms with E-state index in [1.165, 1.54) is 41.5 Å². The second-order valence-corrected chi connectivity index (χ2v) is 15.9. The molecule has 2 atom stereocenters. The third-order valence-corrected chi connectivity index (χ3v) is 9.77. The van der Waals surface area contributed by atoms with Gasteiger partial charge in [0, 0.05) is 16.3 Å². The highest BCUT2D eigenvalue weighted by molar-refractivity contribution is 7.31. The van der Waals surface area contributed by atoms with Crippen LogP contribution in [0.15, 0.2) is 32.7 Å². The van der Waals surface area contributed by atoms with E-state index >= 15 is 0 Å².